The van der Waals surface area contributed by atoms with Crippen LogP contribution in [0.5, 0.6) is 0 Å². The van der Waals surface area contributed by atoms with Gasteiger partial charge in [0.2, 0.25) is 0 Å². The first-order valence-electron chi connectivity index (χ1n) is 6.50. The average Bonchev–Trinajstić information content (AvgIpc) is 2.71. The van der Waals surface area contributed by atoms with Gasteiger partial charge in [0.25, 0.3) is 5.56 Å². The molecule has 2 aromatic rings. The third kappa shape index (κ3) is 1.87. The van der Waals surface area contributed by atoms with E-state index >= 15 is 0 Å². The van der Waals surface area contributed by atoms with Crippen molar-refractivity contribution in [3.05, 3.63) is 26.6 Å². The molecule has 0 aliphatic heterocycles. The lowest BCUT2D eigenvalue weighted by atomic mass is 9.89. The third-order valence-corrected chi connectivity index (χ3v) is 4.98. The van der Waals surface area contributed by atoms with Crippen molar-refractivity contribution in [2.45, 2.75) is 39.7 Å². The zero-order valence-electron chi connectivity index (χ0n) is 11.1. The van der Waals surface area contributed by atoms with Crippen LogP contribution in [0.25, 0.3) is 10.2 Å². The average molecular weight is 273 g/mol. The zero-order valence-corrected chi connectivity index (χ0v) is 11.9. The molecule has 98 valence electrons. The summed E-state index contributed by atoms with van der Waals surface area (Å²) in [6, 6.07) is 2.04. The largest absolute Gasteiger partial charge is 0.282 e. The fourth-order valence-electron chi connectivity index (χ4n) is 2.78. The van der Waals surface area contributed by atoms with Crippen molar-refractivity contribution in [2.24, 2.45) is 5.92 Å². The number of thiophene rings is 1. The number of aromatic nitrogens is 2. The number of aryl methyl sites for hydroxylation is 2. The third-order valence-electron chi connectivity index (χ3n) is 3.83. The van der Waals surface area contributed by atoms with Crippen molar-refractivity contribution >= 4 is 21.6 Å². The van der Waals surface area contributed by atoms with Crippen LogP contribution in [-0.2, 0) is 19.4 Å². The Morgan fingerprint density at radius 3 is 3.11 bits per heavy atom. The highest BCUT2D eigenvalue weighted by atomic mass is 32.1. The molecule has 4 nitrogen and oxygen atoms in total. The second-order valence-corrected chi connectivity index (χ2v) is 6.32. The van der Waals surface area contributed by atoms with Crippen LogP contribution in [0.2, 0.25) is 0 Å². The van der Waals surface area contributed by atoms with Crippen LogP contribution in [0.4, 0.5) is 0 Å². The van der Waals surface area contributed by atoms with Gasteiger partial charge in [0.05, 0.1) is 11.5 Å². The van der Waals surface area contributed by atoms with Gasteiger partial charge in [-0.3, -0.25) is 9.36 Å². The van der Waals surface area contributed by atoms with Crippen molar-refractivity contribution in [2.75, 3.05) is 0 Å². The first kappa shape index (κ1) is 12.4. The molecule has 0 radical (unpaired) electrons. The molecule has 0 saturated carbocycles. The Morgan fingerprint density at radius 2 is 2.37 bits per heavy atom. The topological polar surface area (TPSA) is 58.7 Å². The van der Waals surface area contributed by atoms with Gasteiger partial charge >= 0.3 is 0 Å². The molecule has 2 aromatic heterocycles. The van der Waals surface area contributed by atoms with Crippen molar-refractivity contribution < 1.29 is 0 Å². The van der Waals surface area contributed by atoms with Crippen molar-refractivity contribution in [3.8, 4) is 6.07 Å². The lowest BCUT2D eigenvalue weighted by Crippen LogP contribution is -2.24. The van der Waals surface area contributed by atoms with Gasteiger partial charge in [-0.1, -0.05) is 6.92 Å². The fraction of sp³-hybridized carbons (Fsp3) is 0.500. The molecule has 0 amide bonds. The SMILES string of the molecule is Cc1nc2sc3c(c2c(=O)n1CC#N)CCC(C)C3. The molecule has 0 aromatic carbocycles. The molecule has 0 bridgehead atoms. The summed E-state index contributed by atoms with van der Waals surface area (Å²) in [7, 11) is 0. The van der Waals surface area contributed by atoms with E-state index in [1.54, 1.807) is 18.3 Å². The standard InChI is InChI=1S/C14H15N3OS/c1-8-3-4-10-11(7-8)19-13-12(10)14(18)17(6-5-15)9(2)16-13/h8H,3-4,6-7H2,1-2H3. The Balaban J connectivity index is 2.31. The van der Waals surface area contributed by atoms with Gasteiger partial charge in [0.15, 0.2) is 0 Å². The highest BCUT2D eigenvalue weighted by molar-refractivity contribution is 7.18. The Morgan fingerprint density at radius 1 is 1.58 bits per heavy atom. The van der Waals surface area contributed by atoms with E-state index < -0.39 is 0 Å². The first-order valence-corrected chi connectivity index (χ1v) is 7.32. The minimum atomic E-state index is -0.0453. The molecule has 1 unspecified atom stereocenters. The molecule has 2 heterocycles. The number of hydrogen-bond acceptors (Lipinski definition) is 4. The Hall–Kier alpha value is -1.67. The Bertz CT molecular complexity index is 751. The predicted octanol–water partition coefficient (Wildman–Crippen LogP) is 2.41. The molecule has 0 N–H and O–H groups in total. The second-order valence-electron chi connectivity index (χ2n) is 5.24. The summed E-state index contributed by atoms with van der Waals surface area (Å²) in [5.41, 5.74) is 1.14. The number of hydrogen-bond donors (Lipinski definition) is 0. The van der Waals surface area contributed by atoms with Crippen LogP contribution in [0.3, 0.4) is 0 Å². The number of rotatable bonds is 1. The second kappa shape index (κ2) is 4.46. The van der Waals surface area contributed by atoms with Crippen LogP contribution in [0.1, 0.15) is 29.6 Å². The van der Waals surface area contributed by atoms with Crippen LogP contribution in [0.15, 0.2) is 4.79 Å². The summed E-state index contributed by atoms with van der Waals surface area (Å²) in [6.07, 6.45) is 3.14. The first-order chi connectivity index (χ1) is 9.11. The number of nitrogens with zero attached hydrogens (tertiary/aromatic N) is 3. The maximum atomic E-state index is 12.5. The molecule has 1 atom stereocenters. The van der Waals surface area contributed by atoms with E-state index in [4.69, 9.17) is 5.26 Å². The lowest BCUT2D eigenvalue weighted by Gasteiger charge is -2.17. The molecule has 1 aliphatic rings. The van der Waals surface area contributed by atoms with E-state index in [1.165, 1.54) is 15.0 Å². The molecule has 0 fully saturated rings. The van der Waals surface area contributed by atoms with E-state index in [2.05, 4.69) is 11.9 Å². The van der Waals surface area contributed by atoms with Crippen LogP contribution in [0, 0.1) is 24.2 Å². The van der Waals surface area contributed by atoms with Crippen LogP contribution < -0.4 is 5.56 Å². The minimum Gasteiger partial charge on any atom is -0.282 e. The van der Waals surface area contributed by atoms with E-state index in [0.717, 1.165) is 29.5 Å². The van der Waals surface area contributed by atoms with E-state index in [0.29, 0.717) is 11.7 Å². The number of fused-ring (bicyclic) bond motifs is 3. The van der Waals surface area contributed by atoms with E-state index in [-0.39, 0.29) is 12.1 Å². The summed E-state index contributed by atoms with van der Waals surface area (Å²) >= 11 is 1.65. The summed E-state index contributed by atoms with van der Waals surface area (Å²) in [4.78, 5) is 19.2. The highest BCUT2D eigenvalue weighted by Gasteiger charge is 2.23. The predicted molar refractivity (Wildman–Crippen MR) is 75.4 cm³/mol. The van der Waals surface area contributed by atoms with E-state index in [1.807, 2.05) is 6.07 Å². The molecule has 3 rings (SSSR count). The van der Waals surface area contributed by atoms with Crippen LogP contribution >= 0.6 is 11.3 Å². The molecule has 0 spiro atoms. The Kier molecular flexibility index (Phi) is 2.90. The molecular formula is C14H15N3OS. The molecule has 0 saturated heterocycles. The zero-order chi connectivity index (χ0) is 13.6. The smallest absolute Gasteiger partial charge is 0.263 e. The monoisotopic (exact) mass is 273 g/mol. The van der Waals surface area contributed by atoms with Gasteiger partial charge in [0.1, 0.15) is 17.2 Å². The van der Waals surface area contributed by atoms with Crippen LogP contribution in [-0.4, -0.2) is 9.55 Å². The normalized spacial score (nSPS) is 18.3. The maximum absolute atomic E-state index is 12.5. The van der Waals surface area contributed by atoms with Gasteiger partial charge < -0.3 is 0 Å². The van der Waals surface area contributed by atoms with Crippen molar-refractivity contribution in [1.29, 1.82) is 5.26 Å². The van der Waals surface area contributed by atoms with Gasteiger partial charge in [-0.15, -0.1) is 11.3 Å². The highest BCUT2D eigenvalue weighted by Crippen LogP contribution is 2.35. The quantitative estimate of drug-likeness (QED) is 0.801. The van der Waals surface area contributed by atoms with Gasteiger partial charge in [-0.05, 0) is 37.7 Å². The van der Waals surface area contributed by atoms with Gasteiger partial charge in [0, 0.05) is 4.88 Å². The lowest BCUT2D eigenvalue weighted by molar-refractivity contribution is 0.509. The summed E-state index contributed by atoms with van der Waals surface area (Å²) in [5, 5.41) is 9.59. The molecule has 5 heteroatoms. The summed E-state index contributed by atoms with van der Waals surface area (Å²) < 4.78 is 1.48. The molecule has 19 heavy (non-hydrogen) atoms. The summed E-state index contributed by atoms with van der Waals surface area (Å²) in [5.74, 6) is 1.31. The fourth-order valence-corrected chi connectivity index (χ4v) is 4.20. The Labute approximate surface area is 115 Å². The maximum Gasteiger partial charge on any atom is 0.263 e. The van der Waals surface area contributed by atoms with Crippen molar-refractivity contribution in [3.63, 3.8) is 0 Å². The number of nitriles is 1. The minimum absolute atomic E-state index is 0.0453. The van der Waals surface area contributed by atoms with Gasteiger partial charge in [-0.25, -0.2) is 4.98 Å². The van der Waals surface area contributed by atoms with E-state index in [9.17, 15) is 4.79 Å². The molecule has 1 aliphatic carbocycles. The molecular weight excluding hydrogens is 258 g/mol. The van der Waals surface area contributed by atoms with Gasteiger partial charge in [-0.2, -0.15) is 5.26 Å². The summed E-state index contributed by atoms with van der Waals surface area (Å²) in [6.45, 7) is 4.12. The van der Waals surface area contributed by atoms with Crippen molar-refractivity contribution in [1.82, 2.24) is 9.55 Å².